The van der Waals surface area contributed by atoms with Crippen molar-refractivity contribution in [2.75, 3.05) is 52.4 Å². The molecular formula is C17H33N3O. The Morgan fingerprint density at radius 3 is 1.95 bits per heavy atom. The van der Waals surface area contributed by atoms with Crippen molar-refractivity contribution in [2.24, 2.45) is 11.8 Å². The molecule has 2 heterocycles. The zero-order valence-electron chi connectivity index (χ0n) is 14.2. The Balaban J connectivity index is 1.61. The number of carbonyl (C=O) groups excluding carboxylic acids is 1. The minimum Gasteiger partial charge on any atom is -0.340 e. The first-order valence-corrected chi connectivity index (χ1v) is 8.82. The van der Waals surface area contributed by atoms with Crippen LogP contribution < -0.4 is 0 Å². The second-order valence-corrected chi connectivity index (χ2v) is 7.00. The lowest BCUT2D eigenvalue weighted by atomic mass is 9.87. The molecule has 122 valence electrons. The number of rotatable bonds is 5. The van der Waals surface area contributed by atoms with Gasteiger partial charge in [0.15, 0.2) is 0 Å². The largest absolute Gasteiger partial charge is 0.340 e. The first-order chi connectivity index (χ1) is 10.1. The van der Waals surface area contributed by atoms with E-state index in [0.717, 1.165) is 38.0 Å². The molecule has 4 nitrogen and oxygen atoms in total. The zero-order chi connectivity index (χ0) is 15.2. The summed E-state index contributed by atoms with van der Waals surface area (Å²) in [7, 11) is 0. The predicted octanol–water partition coefficient (Wildman–Crippen LogP) is 1.91. The van der Waals surface area contributed by atoms with Gasteiger partial charge in [-0.15, -0.1) is 0 Å². The van der Waals surface area contributed by atoms with E-state index in [1.807, 2.05) is 11.8 Å². The summed E-state index contributed by atoms with van der Waals surface area (Å²) in [5.74, 6) is 2.09. The predicted molar refractivity (Wildman–Crippen MR) is 87.3 cm³/mol. The van der Waals surface area contributed by atoms with Crippen LogP contribution in [-0.2, 0) is 4.79 Å². The molecule has 0 radical (unpaired) electrons. The van der Waals surface area contributed by atoms with Crippen molar-refractivity contribution in [3.63, 3.8) is 0 Å². The lowest BCUT2D eigenvalue weighted by Crippen LogP contribution is -2.50. The van der Waals surface area contributed by atoms with Crippen molar-refractivity contribution < 1.29 is 4.79 Å². The van der Waals surface area contributed by atoms with Gasteiger partial charge >= 0.3 is 0 Å². The van der Waals surface area contributed by atoms with Crippen LogP contribution in [0.25, 0.3) is 0 Å². The number of hydrogen-bond donors (Lipinski definition) is 0. The summed E-state index contributed by atoms with van der Waals surface area (Å²) in [4.78, 5) is 18.8. The van der Waals surface area contributed by atoms with Gasteiger partial charge in [-0.2, -0.15) is 0 Å². The van der Waals surface area contributed by atoms with Gasteiger partial charge in [-0.3, -0.25) is 9.69 Å². The maximum atomic E-state index is 11.7. The molecule has 0 N–H and O–H groups in total. The molecule has 0 saturated carbocycles. The highest BCUT2D eigenvalue weighted by Crippen LogP contribution is 2.24. The fourth-order valence-electron chi connectivity index (χ4n) is 3.57. The molecule has 0 atom stereocenters. The Bertz CT molecular complexity index is 316. The average molecular weight is 295 g/mol. The van der Waals surface area contributed by atoms with Crippen LogP contribution in [0.1, 0.15) is 40.0 Å². The molecule has 0 aromatic heterocycles. The van der Waals surface area contributed by atoms with E-state index >= 15 is 0 Å². The molecule has 1 amide bonds. The quantitative estimate of drug-likeness (QED) is 0.775. The number of nitrogens with zero attached hydrogens (tertiary/aromatic N) is 3. The van der Waals surface area contributed by atoms with E-state index in [-0.39, 0.29) is 0 Å². The molecule has 4 heteroatoms. The van der Waals surface area contributed by atoms with Crippen molar-refractivity contribution in [2.45, 2.75) is 40.0 Å². The molecule has 0 aromatic rings. The van der Waals surface area contributed by atoms with Gasteiger partial charge in [0.25, 0.3) is 0 Å². The van der Waals surface area contributed by atoms with Crippen LogP contribution in [-0.4, -0.2) is 73.0 Å². The van der Waals surface area contributed by atoms with Crippen molar-refractivity contribution in [3.8, 4) is 0 Å². The third-order valence-corrected chi connectivity index (χ3v) is 5.33. The number of amides is 1. The van der Waals surface area contributed by atoms with E-state index in [1.54, 1.807) is 0 Å². The number of piperidine rings is 1. The zero-order valence-corrected chi connectivity index (χ0v) is 14.2. The van der Waals surface area contributed by atoms with E-state index in [1.165, 1.54) is 39.0 Å². The normalized spacial score (nSPS) is 23.0. The Labute approximate surface area is 130 Å². The van der Waals surface area contributed by atoms with Crippen molar-refractivity contribution in [1.82, 2.24) is 14.7 Å². The molecule has 0 bridgehead atoms. The van der Waals surface area contributed by atoms with Crippen LogP contribution in [0.2, 0.25) is 0 Å². The minimum absolute atomic E-state index is 0.311. The van der Waals surface area contributed by atoms with Crippen LogP contribution >= 0.6 is 0 Å². The second kappa shape index (κ2) is 8.14. The average Bonchev–Trinajstić information content (AvgIpc) is 2.53. The molecule has 2 fully saturated rings. The third kappa shape index (κ3) is 4.96. The van der Waals surface area contributed by atoms with E-state index < -0.39 is 0 Å². The molecule has 2 rings (SSSR count). The van der Waals surface area contributed by atoms with E-state index in [2.05, 4.69) is 23.6 Å². The molecular weight excluding hydrogens is 262 g/mol. The second-order valence-electron chi connectivity index (χ2n) is 7.00. The van der Waals surface area contributed by atoms with Gasteiger partial charge in [0.05, 0.1) is 0 Å². The Hall–Kier alpha value is -0.610. The summed E-state index contributed by atoms with van der Waals surface area (Å²) in [6.45, 7) is 15.5. The van der Waals surface area contributed by atoms with Crippen LogP contribution in [0.5, 0.6) is 0 Å². The molecule has 2 aliphatic rings. The van der Waals surface area contributed by atoms with E-state index in [4.69, 9.17) is 0 Å². The molecule has 21 heavy (non-hydrogen) atoms. The van der Waals surface area contributed by atoms with E-state index in [9.17, 15) is 4.79 Å². The first-order valence-electron chi connectivity index (χ1n) is 8.82. The summed E-state index contributed by atoms with van der Waals surface area (Å²) >= 11 is 0. The van der Waals surface area contributed by atoms with Gasteiger partial charge < -0.3 is 9.80 Å². The molecule has 0 unspecified atom stereocenters. The maximum Gasteiger partial charge on any atom is 0.222 e. The molecule has 2 aliphatic heterocycles. The monoisotopic (exact) mass is 295 g/mol. The van der Waals surface area contributed by atoms with Crippen LogP contribution in [0.15, 0.2) is 0 Å². The Morgan fingerprint density at radius 2 is 1.48 bits per heavy atom. The SMILES string of the molecule is CCC(=O)N1CCN(CCN2CCC(C(C)C)CC2)CC1. The van der Waals surface area contributed by atoms with Crippen LogP contribution in [0, 0.1) is 11.8 Å². The maximum absolute atomic E-state index is 11.7. The van der Waals surface area contributed by atoms with Crippen LogP contribution in [0.3, 0.4) is 0 Å². The highest BCUT2D eigenvalue weighted by atomic mass is 16.2. The number of hydrogen-bond acceptors (Lipinski definition) is 3. The Morgan fingerprint density at radius 1 is 0.952 bits per heavy atom. The standard InChI is InChI=1S/C17H33N3O/c1-4-17(21)20-13-11-19(12-14-20)10-9-18-7-5-16(6-8-18)15(2)3/h15-16H,4-14H2,1-3H3. The molecule has 2 saturated heterocycles. The summed E-state index contributed by atoms with van der Waals surface area (Å²) < 4.78 is 0. The first kappa shape index (κ1) is 16.8. The fourth-order valence-corrected chi connectivity index (χ4v) is 3.57. The molecule has 0 spiro atoms. The summed E-state index contributed by atoms with van der Waals surface area (Å²) in [6, 6.07) is 0. The highest BCUT2D eigenvalue weighted by molar-refractivity contribution is 5.75. The Kier molecular flexibility index (Phi) is 6.49. The van der Waals surface area contributed by atoms with Crippen molar-refractivity contribution in [1.29, 1.82) is 0 Å². The summed E-state index contributed by atoms with van der Waals surface area (Å²) in [6.07, 6.45) is 3.39. The van der Waals surface area contributed by atoms with Gasteiger partial charge in [-0.1, -0.05) is 20.8 Å². The third-order valence-electron chi connectivity index (χ3n) is 5.33. The van der Waals surface area contributed by atoms with Gasteiger partial charge in [0.2, 0.25) is 5.91 Å². The number of likely N-dealkylation sites (tertiary alicyclic amines) is 1. The van der Waals surface area contributed by atoms with Crippen LogP contribution in [0.4, 0.5) is 0 Å². The van der Waals surface area contributed by atoms with Gasteiger partial charge in [-0.25, -0.2) is 0 Å². The van der Waals surface area contributed by atoms with Gasteiger partial charge in [0, 0.05) is 45.7 Å². The summed E-state index contributed by atoms with van der Waals surface area (Å²) in [5.41, 5.74) is 0. The van der Waals surface area contributed by atoms with E-state index in [0.29, 0.717) is 12.3 Å². The minimum atomic E-state index is 0.311. The summed E-state index contributed by atoms with van der Waals surface area (Å²) in [5, 5.41) is 0. The molecule has 0 aliphatic carbocycles. The fraction of sp³-hybridized carbons (Fsp3) is 0.941. The lowest BCUT2D eigenvalue weighted by Gasteiger charge is -2.38. The van der Waals surface area contributed by atoms with Gasteiger partial charge in [0.1, 0.15) is 0 Å². The van der Waals surface area contributed by atoms with Crippen molar-refractivity contribution >= 4 is 5.91 Å². The smallest absolute Gasteiger partial charge is 0.222 e. The number of carbonyl (C=O) groups is 1. The van der Waals surface area contributed by atoms with Crippen molar-refractivity contribution in [3.05, 3.63) is 0 Å². The molecule has 0 aromatic carbocycles. The highest BCUT2D eigenvalue weighted by Gasteiger charge is 2.23. The topological polar surface area (TPSA) is 26.8 Å². The lowest BCUT2D eigenvalue weighted by molar-refractivity contribution is -0.132. The number of piperazine rings is 1. The van der Waals surface area contributed by atoms with Gasteiger partial charge in [-0.05, 0) is 37.8 Å².